The predicted molar refractivity (Wildman–Crippen MR) is 53.3 cm³/mol. The maximum absolute atomic E-state index is 13.2. The Hall–Kier alpha value is -1.71. The van der Waals surface area contributed by atoms with Gasteiger partial charge in [-0.1, -0.05) is 12.1 Å². The molecule has 4 heteroatoms. The Kier molecular flexibility index (Phi) is 2.07. The summed E-state index contributed by atoms with van der Waals surface area (Å²) in [5, 5.41) is 0.395. The number of halogens is 2. The number of aldehydes is 1. The summed E-state index contributed by atoms with van der Waals surface area (Å²) in [5.74, 6) is -2.90. The molecule has 0 radical (unpaired) electrons. The lowest BCUT2D eigenvalue weighted by molar-refractivity contribution is 0.0191. The Morgan fingerprint density at radius 2 is 2.13 bits per heavy atom. The van der Waals surface area contributed by atoms with Gasteiger partial charge >= 0.3 is 0 Å². The molecule has 2 aromatic rings. The van der Waals surface area contributed by atoms with E-state index < -0.39 is 5.92 Å². The molecule has 0 saturated carbocycles. The third-order valence-electron chi connectivity index (χ3n) is 2.28. The molecule has 0 aliphatic rings. The van der Waals surface area contributed by atoms with E-state index in [0.717, 1.165) is 6.92 Å². The van der Waals surface area contributed by atoms with Crippen molar-refractivity contribution in [2.45, 2.75) is 12.8 Å². The maximum atomic E-state index is 13.2. The molecule has 78 valence electrons. The van der Waals surface area contributed by atoms with Gasteiger partial charge in [-0.05, 0) is 12.1 Å². The zero-order chi connectivity index (χ0) is 11.1. The van der Waals surface area contributed by atoms with Crippen molar-refractivity contribution in [2.75, 3.05) is 0 Å². The average molecular weight is 209 g/mol. The second-order valence-electron chi connectivity index (χ2n) is 3.50. The van der Waals surface area contributed by atoms with Crippen LogP contribution < -0.4 is 0 Å². The number of benzene rings is 1. The minimum atomic E-state index is -2.90. The van der Waals surface area contributed by atoms with Crippen LogP contribution in [0.3, 0.4) is 0 Å². The highest BCUT2D eigenvalue weighted by Crippen LogP contribution is 2.33. The molecule has 2 nitrogen and oxygen atoms in total. The van der Waals surface area contributed by atoms with Gasteiger partial charge < -0.3 is 4.98 Å². The highest BCUT2D eigenvalue weighted by molar-refractivity contribution is 5.90. The third kappa shape index (κ3) is 1.63. The summed E-state index contributed by atoms with van der Waals surface area (Å²) in [6.45, 7) is 0.843. The Labute approximate surface area is 84.9 Å². The third-order valence-corrected chi connectivity index (χ3v) is 2.28. The number of carbonyl (C=O) groups excluding carboxylic acids is 1. The Morgan fingerprint density at radius 1 is 1.40 bits per heavy atom. The van der Waals surface area contributed by atoms with E-state index in [4.69, 9.17) is 0 Å². The minimum Gasteiger partial charge on any atom is -0.352 e. The van der Waals surface area contributed by atoms with Crippen LogP contribution in [0.5, 0.6) is 0 Å². The van der Waals surface area contributed by atoms with Crippen LogP contribution in [0.1, 0.15) is 23.0 Å². The summed E-state index contributed by atoms with van der Waals surface area (Å²) >= 11 is 0. The van der Waals surface area contributed by atoms with E-state index in [1.807, 2.05) is 0 Å². The molecular weight excluding hydrogens is 200 g/mol. The van der Waals surface area contributed by atoms with Crippen molar-refractivity contribution in [1.82, 2.24) is 4.98 Å². The van der Waals surface area contributed by atoms with Crippen LogP contribution in [-0.4, -0.2) is 11.3 Å². The smallest absolute Gasteiger partial charge is 0.271 e. The number of H-pyrrole nitrogens is 1. The van der Waals surface area contributed by atoms with Crippen molar-refractivity contribution >= 4 is 17.2 Å². The molecule has 0 amide bonds. The highest BCUT2D eigenvalue weighted by atomic mass is 19.3. The first kappa shape index (κ1) is 9.83. The van der Waals surface area contributed by atoms with Crippen molar-refractivity contribution in [1.29, 1.82) is 0 Å². The number of rotatable bonds is 2. The van der Waals surface area contributed by atoms with Gasteiger partial charge in [-0.2, -0.15) is 0 Å². The van der Waals surface area contributed by atoms with E-state index >= 15 is 0 Å². The first-order valence-corrected chi connectivity index (χ1v) is 4.47. The lowest BCUT2D eigenvalue weighted by Gasteiger charge is -2.11. The van der Waals surface area contributed by atoms with Gasteiger partial charge in [-0.15, -0.1) is 0 Å². The number of aromatic amines is 1. The summed E-state index contributed by atoms with van der Waals surface area (Å²) in [6, 6.07) is 6.01. The molecule has 1 aromatic carbocycles. The van der Waals surface area contributed by atoms with Crippen molar-refractivity contribution < 1.29 is 13.6 Å². The summed E-state index contributed by atoms with van der Waals surface area (Å²) in [4.78, 5) is 13.3. The van der Waals surface area contributed by atoms with E-state index in [2.05, 4.69) is 4.98 Å². The van der Waals surface area contributed by atoms with Gasteiger partial charge in [0.25, 0.3) is 5.92 Å². The second-order valence-corrected chi connectivity index (χ2v) is 3.50. The quantitative estimate of drug-likeness (QED) is 0.757. The number of hydrogen-bond donors (Lipinski definition) is 1. The Morgan fingerprint density at radius 3 is 2.73 bits per heavy atom. The van der Waals surface area contributed by atoms with E-state index in [1.165, 1.54) is 12.1 Å². The van der Waals surface area contributed by atoms with E-state index in [-0.39, 0.29) is 5.56 Å². The van der Waals surface area contributed by atoms with Crippen LogP contribution in [0.4, 0.5) is 8.78 Å². The van der Waals surface area contributed by atoms with Gasteiger partial charge in [-0.25, -0.2) is 8.78 Å². The maximum Gasteiger partial charge on any atom is 0.271 e. The largest absolute Gasteiger partial charge is 0.352 e. The molecule has 0 aliphatic heterocycles. The fraction of sp³-hybridized carbons (Fsp3) is 0.182. The van der Waals surface area contributed by atoms with Gasteiger partial charge in [0.05, 0.1) is 5.69 Å². The zero-order valence-electron chi connectivity index (χ0n) is 8.05. The molecule has 0 atom stereocenters. The van der Waals surface area contributed by atoms with Gasteiger partial charge in [0.2, 0.25) is 0 Å². The number of carbonyl (C=O) groups is 1. The predicted octanol–water partition coefficient (Wildman–Crippen LogP) is 3.09. The molecule has 0 aliphatic carbocycles. The van der Waals surface area contributed by atoms with Gasteiger partial charge in [0.1, 0.15) is 0 Å². The van der Waals surface area contributed by atoms with Crippen LogP contribution in [0.25, 0.3) is 10.9 Å². The normalized spacial score (nSPS) is 11.9. The molecule has 1 N–H and O–H groups in total. The molecule has 0 fully saturated rings. The standard InChI is InChI=1S/C11H9F2NO/c1-11(12,13)9-3-2-4-10-8(9)5-7(6-15)14-10/h2-6,14H,1H3. The van der Waals surface area contributed by atoms with Gasteiger partial charge in [0, 0.05) is 23.4 Å². The van der Waals surface area contributed by atoms with Crippen molar-refractivity contribution in [3.8, 4) is 0 Å². The van der Waals surface area contributed by atoms with E-state index in [9.17, 15) is 13.6 Å². The SMILES string of the molecule is CC(F)(F)c1cccc2[nH]c(C=O)cc12. The minimum absolute atomic E-state index is 0.0654. The number of alkyl halides is 2. The molecule has 1 heterocycles. The Balaban J connectivity index is 2.75. The van der Waals surface area contributed by atoms with Crippen LogP contribution in [0.15, 0.2) is 24.3 Å². The molecule has 1 aromatic heterocycles. The average Bonchev–Trinajstić information content (AvgIpc) is 2.57. The van der Waals surface area contributed by atoms with Crippen LogP contribution in [-0.2, 0) is 5.92 Å². The molecule has 0 spiro atoms. The van der Waals surface area contributed by atoms with Crippen molar-refractivity contribution in [3.05, 3.63) is 35.5 Å². The monoisotopic (exact) mass is 209 g/mol. The first-order chi connectivity index (χ1) is 7.02. The highest BCUT2D eigenvalue weighted by Gasteiger charge is 2.26. The van der Waals surface area contributed by atoms with E-state index in [0.29, 0.717) is 22.9 Å². The van der Waals surface area contributed by atoms with Gasteiger partial charge in [0.15, 0.2) is 6.29 Å². The summed E-state index contributed by atoms with van der Waals surface area (Å²) in [6.07, 6.45) is 0.609. The van der Waals surface area contributed by atoms with Crippen molar-refractivity contribution in [2.24, 2.45) is 0 Å². The molecule has 2 rings (SSSR count). The lowest BCUT2D eigenvalue weighted by atomic mass is 10.1. The Bertz CT molecular complexity index is 511. The molecule has 15 heavy (non-hydrogen) atoms. The van der Waals surface area contributed by atoms with Crippen LogP contribution in [0, 0.1) is 0 Å². The zero-order valence-corrected chi connectivity index (χ0v) is 8.05. The van der Waals surface area contributed by atoms with Crippen molar-refractivity contribution in [3.63, 3.8) is 0 Å². The molecule has 0 unspecified atom stereocenters. The second kappa shape index (κ2) is 3.15. The topological polar surface area (TPSA) is 32.9 Å². The lowest BCUT2D eigenvalue weighted by Crippen LogP contribution is -2.06. The summed E-state index contributed by atoms with van der Waals surface area (Å²) < 4.78 is 26.4. The molecule has 0 bridgehead atoms. The number of hydrogen-bond acceptors (Lipinski definition) is 1. The number of nitrogens with one attached hydrogen (secondary N) is 1. The fourth-order valence-electron chi connectivity index (χ4n) is 1.62. The fourth-order valence-corrected chi connectivity index (χ4v) is 1.62. The van der Waals surface area contributed by atoms with Crippen LogP contribution in [0.2, 0.25) is 0 Å². The van der Waals surface area contributed by atoms with E-state index in [1.54, 1.807) is 12.1 Å². The van der Waals surface area contributed by atoms with Crippen LogP contribution >= 0.6 is 0 Å². The first-order valence-electron chi connectivity index (χ1n) is 4.47. The number of fused-ring (bicyclic) bond motifs is 1. The summed E-state index contributed by atoms with van der Waals surface area (Å²) in [7, 11) is 0. The molecule has 0 saturated heterocycles. The molecular formula is C11H9F2NO. The van der Waals surface area contributed by atoms with Gasteiger partial charge in [-0.3, -0.25) is 4.79 Å². The number of aromatic nitrogens is 1. The summed E-state index contributed by atoms with van der Waals surface area (Å²) in [5.41, 5.74) is 0.794.